The van der Waals surface area contributed by atoms with E-state index < -0.39 is 0 Å². The van der Waals surface area contributed by atoms with Gasteiger partial charge in [0.25, 0.3) is 0 Å². The van der Waals surface area contributed by atoms with Gasteiger partial charge in [0.05, 0.1) is 13.1 Å². The first-order valence-electron chi connectivity index (χ1n) is 8.18. The third-order valence-electron chi connectivity index (χ3n) is 4.09. The van der Waals surface area contributed by atoms with E-state index in [-0.39, 0.29) is 5.91 Å². The Morgan fingerprint density at radius 1 is 1.22 bits per heavy atom. The maximum atomic E-state index is 12.7. The zero-order chi connectivity index (χ0) is 16.7. The number of benzene rings is 1. The lowest BCUT2D eigenvalue weighted by Gasteiger charge is -2.24. The van der Waals surface area contributed by atoms with Gasteiger partial charge in [0.15, 0.2) is 0 Å². The van der Waals surface area contributed by atoms with Crippen LogP contribution in [0.1, 0.15) is 36.3 Å². The summed E-state index contributed by atoms with van der Waals surface area (Å²) in [5.74, 6) is 0.155. The van der Waals surface area contributed by atoms with E-state index in [9.17, 15) is 4.79 Å². The predicted molar refractivity (Wildman–Crippen MR) is 97.5 cm³/mol. The zero-order valence-electron chi connectivity index (χ0n) is 14.2. The summed E-state index contributed by atoms with van der Waals surface area (Å²) in [7, 11) is 0. The van der Waals surface area contributed by atoms with Gasteiger partial charge in [0.2, 0.25) is 5.91 Å². The molecule has 1 N–H and O–H groups in total. The molecule has 0 aliphatic rings. The number of nitrogens with zero attached hydrogens (tertiary/aromatic N) is 1. The number of aryl methyl sites for hydroxylation is 1. The topological polar surface area (TPSA) is 32.3 Å². The SMILES string of the molecule is CCC(C)NCC(=O)N(Cc1ccccc1)Cc1sccc1C. The van der Waals surface area contributed by atoms with E-state index in [2.05, 4.69) is 49.7 Å². The lowest BCUT2D eigenvalue weighted by atomic mass is 10.2. The van der Waals surface area contributed by atoms with Crippen molar-refractivity contribution in [2.24, 2.45) is 0 Å². The largest absolute Gasteiger partial charge is 0.332 e. The van der Waals surface area contributed by atoms with Crippen molar-refractivity contribution in [2.75, 3.05) is 6.54 Å². The Bertz CT molecular complexity index is 609. The molecule has 124 valence electrons. The fourth-order valence-electron chi connectivity index (χ4n) is 2.29. The average Bonchev–Trinajstić information content (AvgIpc) is 2.97. The Labute approximate surface area is 143 Å². The fraction of sp³-hybridized carbons (Fsp3) is 0.421. The number of hydrogen-bond donors (Lipinski definition) is 1. The Morgan fingerprint density at radius 3 is 2.57 bits per heavy atom. The Kier molecular flexibility index (Phi) is 6.81. The smallest absolute Gasteiger partial charge is 0.237 e. The molecule has 1 aromatic carbocycles. The van der Waals surface area contributed by atoms with Crippen molar-refractivity contribution < 1.29 is 4.79 Å². The van der Waals surface area contributed by atoms with E-state index >= 15 is 0 Å². The molecule has 0 radical (unpaired) electrons. The number of thiophene rings is 1. The Hall–Kier alpha value is -1.65. The number of hydrogen-bond acceptors (Lipinski definition) is 3. The summed E-state index contributed by atoms with van der Waals surface area (Å²) in [4.78, 5) is 15.9. The van der Waals surface area contributed by atoms with Crippen molar-refractivity contribution in [3.8, 4) is 0 Å². The van der Waals surface area contributed by atoms with Crippen LogP contribution < -0.4 is 5.32 Å². The highest BCUT2D eigenvalue weighted by Crippen LogP contribution is 2.19. The van der Waals surface area contributed by atoms with Gasteiger partial charge in [-0.2, -0.15) is 0 Å². The van der Waals surface area contributed by atoms with Crippen molar-refractivity contribution in [1.82, 2.24) is 10.2 Å². The minimum atomic E-state index is 0.155. The number of amides is 1. The number of carbonyl (C=O) groups is 1. The molecule has 2 aromatic rings. The maximum absolute atomic E-state index is 12.7. The van der Waals surface area contributed by atoms with Gasteiger partial charge in [-0.1, -0.05) is 37.3 Å². The summed E-state index contributed by atoms with van der Waals surface area (Å²) in [6, 6.07) is 12.7. The van der Waals surface area contributed by atoms with Gasteiger partial charge < -0.3 is 10.2 Å². The van der Waals surface area contributed by atoms with Gasteiger partial charge in [-0.05, 0) is 42.8 Å². The van der Waals surface area contributed by atoms with Gasteiger partial charge in [-0.3, -0.25) is 4.79 Å². The van der Waals surface area contributed by atoms with Gasteiger partial charge in [-0.15, -0.1) is 11.3 Å². The van der Waals surface area contributed by atoms with E-state index in [1.54, 1.807) is 11.3 Å². The minimum Gasteiger partial charge on any atom is -0.332 e. The van der Waals surface area contributed by atoms with Crippen LogP contribution in [0, 0.1) is 6.92 Å². The lowest BCUT2D eigenvalue weighted by molar-refractivity contribution is -0.131. The van der Waals surface area contributed by atoms with E-state index in [0.29, 0.717) is 25.7 Å². The quantitative estimate of drug-likeness (QED) is 0.794. The van der Waals surface area contributed by atoms with Gasteiger partial charge in [0.1, 0.15) is 0 Å². The van der Waals surface area contributed by atoms with Gasteiger partial charge in [-0.25, -0.2) is 0 Å². The van der Waals surface area contributed by atoms with E-state index in [1.807, 2.05) is 23.1 Å². The molecule has 0 saturated carbocycles. The van der Waals surface area contributed by atoms with Crippen LogP contribution in [0.3, 0.4) is 0 Å². The van der Waals surface area contributed by atoms with E-state index in [4.69, 9.17) is 0 Å². The minimum absolute atomic E-state index is 0.155. The maximum Gasteiger partial charge on any atom is 0.237 e. The number of carbonyl (C=O) groups excluding carboxylic acids is 1. The molecule has 0 aliphatic carbocycles. The second kappa shape index (κ2) is 8.85. The second-order valence-corrected chi connectivity index (χ2v) is 6.95. The average molecular weight is 330 g/mol. The summed E-state index contributed by atoms with van der Waals surface area (Å²) < 4.78 is 0. The van der Waals surface area contributed by atoms with Crippen molar-refractivity contribution in [1.29, 1.82) is 0 Å². The highest BCUT2D eigenvalue weighted by Gasteiger charge is 2.16. The molecule has 0 aliphatic heterocycles. The first-order chi connectivity index (χ1) is 11.1. The highest BCUT2D eigenvalue weighted by molar-refractivity contribution is 7.10. The van der Waals surface area contributed by atoms with E-state index in [0.717, 1.165) is 6.42 Å². The molecular formula is C19H26N2OS. The first kappa shape index (κ1) is 17.7. The second-order valence-electron chi connectivity index (χ2n) is 5.95. The van der Waals surface area contributed by atoms with Gasteiger partial charge >= 0.3 is 0 Å². The van der Waals surface area contributed by atoms with Crippen LogP contribution in [-0.2, 0) is 17.9 Å². The van der Waals surface area contributed by atoms with Crippen molar-refractivity contribution in [2.45, 2.75) is 46.3 Å². The molecule has 1 unspecified atom stereocenters. The third kappa shape index (κ3) is 5.48. The van der Waals surface area contributed by atoms with Crippen molar-refractivity contribution >= 4 is 17.2 Å². The monoisotopic (exact) mass is 330 g/mol. The van der Waals surface area contributed by atoms with Crippen LogP contribution in [0.15, 0.2) is 41.8 Å². The van der Waals surface area contributed by atoms with Crippen LogP contribution in [-0.4, -0.2) is 23.4 Å². The molecule has 1 amide bonds. The predicted octanol–water partition coefficient (Wildman–Crippen LogP) is 3.97. The molecule has 23 heavy (non-hydrogen) atoms. The van der Waals surface area contributed by atoms with E-state index in [1.165, 1.54) is 16.0 Å². The van der Waals surface area contributed by atoms with Crippen LogP contribution >= 0.6 is 11.3 Å². The molecule has 0 fully saturated rings. The fourth-order valence-corrected chi connectivity index (χ4v) is 3.21. The molecule has 0 saturated heterocycles. The summed E-state index contributed by atoms with van der Waals surface area (Å²) in [6.07, 6.45) is 1.02. The molecule has 1 aromatic heterocycles. The molecule has 0 bridgehead atoms. The van der Waals surface area contributed by atoms with Gasteiger partial charge in [0, 0.05) is 17.5 Å². The summed E-state index contributed by atoms with van der Waals surface area (Å²) in [5.41, 5.74) is 2.43. The Morgan fingerprint density at radius 2 is 1.96 bits per heavy atom. The summed E-state index contributed by atoms with van der Waals surface area (Å²) in [5, 5.41) is 5.40. The molecule has 4 heteroatoms. The number of rotatable bonds is 8. The van der Waals surface area contributed by atoms with Crippen molar-refractivity contribution in [3.63, 3.8) is 0 Å². The molecule has 1 atom stereocenters. The molecule has 0 spiro atoms. The molecule has 2 rings (SSSR count). The standard InChI is InChI=1S/C19H26N2OS/c1-4-16(3)20-12-19(22)21(13-17-8-6-5-7-9-17)14-18-15(2)10-11-23-18/h5-11,16,20H,4,12-14H2,1-3H3. The third-order valence-corrected chi connectivity index (χ3v) is 5.09. The van der Waals surface area contributed by atoms with Crippen LogP contribution in [0.5, 0.6) is 0 Å². The normalized spacial score (nSPS) is 12.1. The molecular weight excluding hydrogens is 304 g/mol. The Balaban J connectivity index is 2.07. The lowest BCUT2D eigenvalue weighted by Crippen LogP contribution is -2.40. The summed E-state index contributed by atoms with van der Waals surface area (Å²) in [6.45, 7) is 8.07. The zero-order valence-corrected chi connectivity index (χ0v) is 15.0. The number of nitrogens with one attached hydrogen (secondary N) is 1. The van der Waals surface area contributed by atoms with Crippen LogP contribution in [0.25, 0.3) is 0 Å². The highest BCUT2D eigenvalue weighted by atomic mass is 32.1. The summed E-state index contributed by atoms with van der Waals surface area (Å²) >= 11 is 1.72. The van der Waals surface area contributed by atoms with Crippen molar-refractivity contribution in [3.05, 3.63) is 57.8 Å². The van der Waals surface area contributed by atoms with Crippen LogP contribution in [0.2, 0.25) is 0 Å². The van der Waals surface area contributed by atoms with Crippen LogP contribution in [0.4, 0.5) is 0 Å². The molecule has 3 nitrogen and oxygen atoms in total. The first-order valence-corrected chi connectivity index (χ1v) is 9.06. The molecule has 1 heterocycles.